The lowest BCUT2D eigenvalue weighted by atomic mass is 9.81. The SMILES string of the molecule is COc1cc2c(cc1F)nc(CCl)n2C1CC(C)C1. The van der Waals surface area contributed by atoms with E-state index in [9.17, 15) is 4.39 Å². The van der Waals surface area contributed by atoms with Crippen molar-refractivity contribution < 1.29 is 9.13 Å². The summed E-state index contributed by atoms with van der Waals surface area (Å²) in [4.78, 5) is 4.43. The Morgan fingerprint density at radius 3 is 2.79 bits per heavy atom. The molecule has 1 aliphatic carbocycles. The Bertz CT molecular complexity index is 619. The van der Waals surface area contributed by atoms with Crippen molar-refractivity contribution in [2.45, 2.75) is 31.7 Å². The van der Waals surface area contributed by atoms with E-state index in [0.717, 1.165) is 30.1 Å². The molecule has 0 atom stereocenters. The lowest BCUT2D eigenvalue weighted by Gasteiger charge is -2.35. The van der Waals surface area contributed by atoms with E-state index in [-0.39, 0.29) is 11.6 Å². The number of methoxy groups -OCH3 is 1. The van der Waals surface area contributed by atoms with Gasteiger partial charge < -0.3 is 9.30 Å². The molecule has 0 spiro atoms. The molecular formula is C14H16ClFN2O. The van der Waals surface area contributed by atoms with Gasteiger partial charge in [-0.15, -0.1) is 11.6 Å². The third kappa shape index (κ3) is 1.98. The Kier molecular flexibility index (Phi) is 3.13. The fourth-order valence-electron chi connectivity index (χ4n) is 2.88. The van der Waals surface area contributed by atoms with Gasteiger partial charge in [0.2, 0.25) is 0 Å². The second kappa shape index (κ2) is 4.67. The molecule has 1 aromatic heterocycles. The number of ether oxygens (including phenoxy) is 1. The number of imidazole rings is 1. The van der Waals surface area contributed by atoms with Crippen LogP contribution in [0.2, 0.25) is 0 Å². The highest BCUT2D eigenvalue weighted by molar-refractivity contribution is 6.16. The number of hydrogen-bond acceptors (Lipinski definition) is 2. The van der Waals surface area contributed by atoms with Gasteiger partial charge in [0.1, 0.15) is 5.82 Å². The fraction of sp³-hybridized carbons (Fsp3) is 0.500. The third-order valence-electron chi connectivity index (χ3n) is 3.87. The fourth-order valence-corrected chi connectivity index (χ4v) is 3.06. The summed E-state index contributed by atoms with van der Waals surface area (Å²) in [6.07, 6.45) is 2.24. The van der Waals surface area contributed by atoms with E-state index in [2.05, 4.69) is 16.5 Å². The second-order valence-corrected chi connectivity index (χ2v) is 5.50. The van der Waals surface area contributed by atoms with Crippen molar-refractivity contribution in [2.75, 3.05) is 7.11 Å². The van der Waals surface area contributed by atoms with Crippen LogP contribution in [-0.4, -0.2) is 16.7 Å². The van der Waals surface area contributed by atoms with E-state index in [0.29, 0.717) is 17.4 Å². The van der Waals surface area contributed by atoms with Crippen LogP contribution in [0, 0.1) is 11.7 Å². The van der Waals surface area contributed by atoms with Crippen LogP contribution in [0.15, 0.2) is 12.1 Å². The van der Waals surface area contributed by atoms with E-state index in [1.54, 1.807) is 6.07 Å². The average Bonchev–Trinajstić information content (AvgIpc) is 2.71. The van der Waals surface area contributed by atoms with Gasteiger partial charge in [-0.05, 0) is 18.8 Å². The molecule has 2 aromatic rings. The van der Waals surface area contributed by atoms with Gasteiger partial charge in [-0.2, -0.15) is 0 Å². The quantitative estimate of drug-likeness (QED) is 0.799. The molecule has 1 saturated carbocycles. The Morgan fingerprint density at radius 1 is 1.47 bits per heavy atom. The summed E-state index contributed by atoms with van der Waals surface area (Å²) in [7, 11) is 1.47. The van der Waals surface area contributed by atoms with Crippen molar-refractivity contribution in [1.82, 2.24) is 9.55 Å². The molecule has 1 aliphatic rings. The van der Waals surface area contributed by atoms with Crippen LogP contribution in [-0.2, 0) is 5.88 Å². The lowest BCUT2D eigenvalue weighted by molar-refractivity contribution is 0.217. The number of hydrogen-bond donors (Lipinski definition) is 0. The third-order valence-corrected chi connectivity index (χ3v) is 4.11. The van der Waals surface area contributed by atoms with Crippen LogP contribution in [0.5, 0.6) is 5.75 Å². The zero-order valence-electron chi connectivity index (χ0n) is 11.0. The zero-order valence-corrected chi connectivity index (χ0v) is 11.7. The summed E-state index contributed by atoms with van der Waals surface area (Å²) in [5.41, 5.74) is 1.55. The van der Waals surface area contributed by atoms with E-state index < -0.39 is 0 Å². The van der Waals surface area contributed by atoms with Crippen LogP contribution in [0.3, 0.4) is 0 Å². The van der Waals surface area contributed by atoms with E-state index >= 15 is 0 Å². The van der Waals surface area contributed by atoms with Crippen LogP contribution in [0.4, 0.5) is 4.39 Å². The summed E-state index contributed by atoms with van der Waals surface area (Å²) >= 11 is 5.97. The highest BCUT2D eigenvalue weighted by atomic mass is 35.5. The molecule has 3 nitrogen and oxygen atoms in total. The minimum absolute atomic E-state index is 0.252. The van der Waals surface area contributed by atoms with Crippen LogP contribution in [0.1, 0.15) is 31.6 Å². The number of rotatable bonds is 3. The molecule has 3 rings (SSSR count). The van der Waals surface area contributed by atoms with Crippen molar-refractivity contribution in [2.24, 2.45) is 5.92 Å². The second-order valence-electron chi connectivity index (χ2n) is 5.24. The van der Waals surface area contributed by atoms with Gasteiger partial charge in [0.05, 0.1) is 24.0 Å². The lowest BCUT2D eigenvalue weighted by Crippen LogP contribution is -2.25. The largest absolute Gasteiger partial charge is 0.494 e. The summed E-state index contributed by atoms with van der Waals surface area (Å²) in [5, 5.41) is 0. The van der Waals surface area contributed by atoms with Crippen molar-refractivity contribution in [3.8, 4) is 5.75 Å². The first-order valence-corrected chi connectivity index (χ1v) is 6.97. The molecule has 0 radical (unpaired) electrons. The van der Waals surface area contributed by atoms with E-state index in [4.69, 9.17) is 16.3 Å². The smallest absolute Gasteiger partial charge is 0.167 e. The summed E-state index contributed by atoms with van der Waals surface area (Å²) in [5.74, 6) is 1.74. The van der Waals surface area contributed by atoms with Gasteiger partial charge in [-0.25, -0.2) is 9.37 Å². The van der Waals surface area contributed by atoms with Crippen molar-refractivity contribution in [1.29, 1.82) is 0 Å². The first-order valence-electron chi connectivity index (χ1n) is 6.44. The first-order chi connectivity index (χ1) is 9.13. The summed E-state index contributed by atoms with van der Waals surface area (Å²) in [6, 6.07) is 3.56. The number of alkyl halides is 1. The minimum atomic E-state index is -0.386. The first kappa shape index (κ1) is 12.7. The van der Waals surface area contributed by atoms with Crippen molar-refractivity contribution in [3.05, 3.63) is 23.8 Å². The normalized spacial score (nSPS) is 22.5. The monoisotopic (exact) mass is 282 g/mol. The van der Waals surface area contributed by atoms with Gasteiger partial charge >= 0.3 is 0 Å². The Labute approximate surface area is 116 Å². The van der Waals surface area contributed by atoms with Gasteiger partial charge in [0, 0.05) is 18.2 Å². The highest BCUT2D eigenvalue weighted by Gasteiger charge is 2.30. The molecule has 1 aromatic carbocycles. The number of halogens is 2. The summed E-state index contributed by atoms with van der Waals surface area (Å²) in [6.45, 7) is 2.23. The van der Waals surface area contributed by atoms with E-state index in [1.165, 1.54) is 13.2 Å². The molecule has 0 unspecified atom stereocenters. The molecule has 5 heteroatoms. The zero-order chi connectivity index (χ0) is 13.6. The topological polar surface area (TPSA) is 27.1 Å². The molecule has 0 N–H and O–H groups in total. The average molecular weight is 283 g/mol. The highest BCUT2D eigenvalue weighted by Crippen LogP contribution is 2.41. The maximum atomic E-state index is 13.7. The Morgan fingerprint density at radius 2 is 2.21 bits per heavy atom. The number of nitrogens with zero attached hydrogens (tertiary/aromatic N) is 2. The standard InChI is InChI=1S/C14H16ClFN2O/c1-8-3-9(4-8)18-12-6-13(19-2)10(16)5-11(12)17-14(18)7-15/h5-6,8-9H,3-4,7H2,1-2H3. The van der Waals surface area contributed by atoms with Crippen molar-refractivity contribution >= 4 is 22.6 Å². The molecule has 0 saturated heterocycles. The number of aromatic nitrogens is 2. The summed E-state index contributed by atoms with van der Waals surface area (Å²) < 4.78 is 20.9. The molecule has 0 bridgehead atoms. The molecular weight excluding hydrogens is 267 g/mol. The maximum absolute atomic E-state index is 13.7. The van der Waals surface area contributed by atoms with Crippen molar-refractivity contribution in [3.63, 3.8) is 0 Å². The molecule has 1 heterocycles. The molecule has 19 heavy (non-hydrogen) atoms. The van der Waals surface area contributed by atoms with Gasteiger partial charge in [0.15, 0.2) is 11.6 Å². The molecule has 0 aliphatic heterocycles. The Hall–Kier alpha value is -1.29. The van der Waals surface area contributed by atoms with E-state index in [1.807, 2.05) is 0 Å². The van der Waals surface area contributed by atoms with Crippen LogP contribution < -0.4 is 4.74 Å². The maximum Gasteiger partial charge on any atom is 0.167 e. The van der Waals surface area contributed by atoms with Gasteiger partial charge in [0.25, 0.3) is 0 Å². The minimum Gasteiger partial charge on any atom is -0.494 e. The molecule has 102 valence electrons. The van der Waals surface area contributed by atoms with Crippen LogP contribution >= 0.6 is 11.6 Å². The predicted molar refractivity (Wildman–Crippen MR) is 73.2 cm³/mol. The predicted octanol–water partition coefficient (Wildman–Crippen LogP) is 3.89. The molecule has 1 fully saturated rings. The Balaban J connectivity index is 2.17. The molecule has 0 amide bonds. The van der Waals surface area contributed by atoms with Gasteiger partial charge in [-0.3, -0.25) is 0 Å². The number of benzene rings is 1. The van der Waals surface area contributed by atoms with Crippen LogP contribution in [0.25, 0.3) is 11.0 Å². The number of fused-ring (bicyclic) bond motifs is 1. The van der Waals surface area contributed by atoms with Gasteiger partial charge in [-0.1, -0.05) is 6.92 Å².